The topological polar surface area (TPSA) is 0 Å². The summed E-state index contributed by atoms with van der Waals surface area (Å²) in [6, 6.07) is 0. The first-order chi connectivity index (χ1) is 5.95. The molecule has 1 heterocycles. The number of thioether (sulfide) groups is 1. The lowest BCUT2D eigenvalue weighted by Gasteiger charge is -2.04. The molecule has 0 atom stereocenters. The Balaban J connectivity index is 2.04. The van der Waals surface area contributed by atoms with Crippen LogP contribution in [-0.2, 0) is 0 Å². The highest BCUT2D eigenvalue weighted by atomic mass is 32.2. The molecular formula is C11H14S. The maximum absolute atomic E-state index is 2.39. The minimum Gasteiger partial charge on any atom is -0.131 e. The molecular weight excluding hydrogens is 164 g/mol. The molecule has 0 radical (unpaired) electrons. The standard InChI is InChI=1S/C11H14S/c1-2-5-10(6-3-1)9-11-7-4-8-12-11/h1-2,5,9H,3-4,6-8H2/b11-9-. The third kappa shape index (κ3) is 2.04. The van der Waals surface area contributed by atoms with Gasteiger partial charge in [-0.05, 0) is 48.0 Å². The van der Waals surface area contributed by atoms with Crippen molar-refractivity contribution < 1.29 is 0 Å². The zero-order valence-corrected chi connectivity index (χ0v) is 8.07. The van der Waals surface area contributed by atoms with E-state index in [0.717, 1.165) is 0 Å². The predicted octanol–water partition coefficient (Wildman–Crippen LogP) is 3.67. The minimum absolute atomic E-state index is 1.22. The summed E-state index contributed by atoms with van der Waals surface area (Å²) >= 11 is 2.03. The van der Waals surface area contributed by atoms with E-state index in [-0.39, 0.29) is 0 Å². The molecule has 0 aromatic carbocycles. The van der Waals surface area contributed by atoms with Gasteiger partial charge in [0.1, 0.15) is 0 Å². The van der Waals surface area contributed by atoms with Crippen molar-refractivity contribution in [3.05, 3.63) is 34.8 Å². The van der Waals surface area contributed by atoms with Crippen molar-refractivity contribution in [1.29, 1.82) is 0 Å². The molecule has 0 bridgehead atoms. The number of hydrogen-bond donors (Lipinski definition) is 0. The molecule has 0 N–H and O–H groups in total. The Morgan fingerprint density at radius 3 is 3.00 bits per heavy atom. The van der Waals surface area contributed by atoms with E-state index in [4.69, 9.17) is 0 Å². The van der Waals surface area contributed by atoms with E-state index >= 15 is 0 Å². The Hall–Kier alpha value is -0.430. The Labute approximate surface area is 78.4 Å². The zero-order valence-electron chi connectivity index (χ0n) is 7.25. The van der Waals surface area contributed by atoms with Crippen LogP contribution in [0.5, 0.6) is 0 Å². The molecule has 0 spiro atoms. The van der Waals surface area contributed by atoms with Crippen molar-refractivity contribution in [2.75, 3.05) is 5.75 Å². The summed E-state index contributed by atoms with van der Waals surface area (Å²) < 4.78 is 0. The zero-order chi connectivity index (χ0) is 8.23. The van der Waals surface area contributed by atoms with E-state index in [1.54, 1.807) is 4.91 Å². The lowest BCUT2D eigenvalue weighted by atomic mass is 10.0. The molecule has 0 nitrogen and oxygen atoms in total. The second kappa shape index (κ2) is 3.99. The first-order valence-electron chi connectivity index (χ1n) is 4.64. The van der Waals surface area contributed by atoms with E-state index in [1.807, 2.05) is 11.8 Å². The van der Waals surface area contributed by atoms with E-state index in [9.17, 15) is 0 Å². The summed E-state index contributed by atoms with van der Waals surface area (Å²) in [7, 11) is 0. The van der Waals surface area contributed by atoms with E-state index in [2.05, 4.69) is 24.3 Å². The monoisotopic (exact) mass is 178 g/mol. The lowest BCUT2D eigenvalue weighted by molar-refractivity contribution is 0.969. The van der Waals surface area contributed by atoms with Gasteiger partial charge in [0.2, 0.25) is 0 Å². The Morgan fingerprint density at radius 1 is 1.33 bits per heavy atom. The van der Waals surface area contributed by atoms with Crippen molar-refractivity contribution in [1.82, 2.24) is 0 Å². The highest BCUT2D eigenvalue weighted by Gasteiger charge is 2.07. The number of rotatable bonds is 1. The quantitative estimate of drug-likeness (QED) is 0.590. The Kier molecular flexibility index (Phi) is 2.72. The largest absolute Gasteiger partial charge is 0.131 e. The van der Waals surface area contributed by atoms with Crippen LogP contribution in [0.1, 0.15) is 25.7 Å². The van der Waals surface area contributed by atoms with Crippen LogP contribution < -0.4 is 0 Å². The fourth-order valence-electron chi connectivity index (χ4n) is 1.58. The van der Waals surface area contributed by atoms with Gasteiger partial charge >= 0.3 is 0 Å². The smallest absolute Gasteiger partial charge is 0.00199 e. The second-order valence-corrected chi connectivity index (χ2v) is 4.49. The first kappa shape index (κ1) is 8.18. The Morgan fingerprint density at radius 2 is 2.33 bits per heavy atom. The number of allylic oxidation sites excluding steroid dienone is 6. The van der Waals surface area contributed by atoms with Gasteiger partial charge in [-0.2, -0.15) is 0 Å². The van der Waals surface area contributed by atoms with Crippen molar-refractivity contribution in [3.63, 3.8) is 0 Å². The van der Waals surface area contributed by atoms with Crippen LogP contribution in [0.15, 0.2) is 34.8 Å². The van der Waals surface area contributed by atoms with Crippen molar-refractivity contribution in [3.8, 4) is 0 Å². The molecule has 1 fully saturated rings. The molecule has 1 saturated heterocycles. The molecule has 0 aromatic rings. The normalized spacial score (nSPS) is 26.3. The fraction of sp³-hybridized carbons (Fsp3) is 0.455. The van der Waals surface area contributed by atoms with Crippen LogP contribution in [-0.4, -0.2) is 5.75 Å². The maximum atomic E-state index is 2.39. The molecule has 0 amide bonds. The van der Waals surface area contributed by atoms with Gasteiger partial charge < -0.3 is 0 Å². The summed E-state index contributed by atoms with van der Waals surface area (Å²) in [5.74, 6) is 1.33. The predicted molar refractivity (Wildman–Crippen MR) is 56.2 cm³/mol. The molecule has 1 aliphatic carbocycles. The maximum Gasteiger partial charge on any atom is -0.00199 e. The van der Waals surface area contributed by atoms with Crippen molar-refractivity contribution >= 4 is 11.8 Å². The fourth-order valence-corrected chi connectivity index (χ4v) is 2.66. The van der Waals surface area contributed by atoms with Gasteiger partial charge in [-0.3, -0.25) is 0 Å². The molecule has 0 aromatic heterocycles. The van der Waals surface area contributed by atoms with Gasteiger partial charge in [-0.25, -0.2) is 0 Å². The molecule has 1 aliphatic heterocycles. The van der Waals surface area contributed by atoms with Gasteiger partial charge in [-0.15, -0.1) is 11.8 Å². The second-order valence-electron chi connectivity index (χ2n) is 3.27. The molecule has 64 valence electrons. The highest BCUT2D eigenvalue weighted by molar-refractivity contribution is 8.03. The Bertz CT molecular complexity index is 238. The first-order valence-corrected chi connectivity index (χ1v) is 5.63. The van der Waals surface area contributed by atoms with E-state index in [0.29, 0.717) is 0 Å². The lowest BCUT2D eigenvalue weighted by Crippen LogP contribution is -1.83. The third-order valence-corrected chi connectivity index (χ3v) is 3.43. The van der Waals surface area contributed by atoms with Gasteiger partial charge in [0.05, 0.1) is 0 Å². The van der Waals surface area contributed by atoms with Gasteiger partial charge in [0.15, 0.2) is 0 Å². The van der Waals surface area contributed by atoms with Crippen LogP contribution in [0.3, 0.4) is 0 Å². The minimum atomic E-state index is 1.22. The SMILES string of the molecule is C1=CCCC(/C=C2/CCCS2)=C1. The molecule has 12 heavy (non-hydrogen) atoms. The number of hydrogen-bond acceptors (Lipinski definition) is 1. The molecule has 0 unspecified atom stereocenters. The van der Waals surface area contributed by atoms with Crippen LogP contribution in [0.4, 0.5) is 0 Å². The summed E-state index contributed by atoms with van der Waals surface area (Å²) in [4.78, 5) is 1.59. The van der Waals surface area contributed by atoms with Gasteiger partial charge in [-0.1, -0.05) is 18.2 Å². The molecule has 2 aliphatic rings. The van der Waals surface area contributed by atoms with Gasteiger partial charge in [0.25, 0.3) is 0 Å². The molecule has 0 saturated carbocycles. The summed E-state index contributed by atoms with van der Waals surface area (Å²) in [6.45, 7) is 0. The van der Waals surface area contributed by atoms with Gasteiger partial charge in [0, 0.05) is 0 Å². The molecule has 2 rings (SSSR count). The average molecular weight is 178 g/mol. The summed E-state index contributed by atoms with van der Waals surface area (Å²) in [5.41, 5.74) is 1.52. The van der Waals surface area contributed by atoms with Crippen molar-refractivity contribution in [2.45, 2.75) is 25.7 Å². The van der Waals surface area contributed by atoms with Crippen molar-refractivity contribution in [2.24, 2.45) is 0 Å². The molecule has 1 heteroatoms. The highest BCUT2D eigenvalue weighted by Crippen LogP contribution is 2.32. The summed E-state index contributed by atoms with van der Waals surface area (Å²) in [6.07, 6.45) is 14.2. The van der Waals surface area contributed by atoms with E-state index < -0.39 is 0 Å². The average Bonchev–Trinajstić information content (AvgIpc) is 2.59. The van der Waals surface area contributed by atoms with Crippen LogP contribution in [0.2, 0.25) is 0 Å². The van der Waals surface area contributed by atoms with E-state index in [1.165, 1.54) is 37.0 Å². The van der Waals surface area contributed by atoms with Crippen LogP contribution >= 0.6 is 11.8 Å². The van der Waals surface area contributed by atoms with Crippen LogP contribution in [0, 0.1) is 0 Å². The van der Waals surface area contributed by atoms with Crippen LogP contribution in [0.25, 0.3) is 0 Å². The summed E-state index contributed by atoms with van der Waals surface area (Å²) in [5, 5.41) is 0. The third-order valence-electron chi connectivity index (χ3n) is 2.25.